The number of methoxy groups -OCH3 is 1. The SMILES string of the molecule is COc1cc2ncnc(Nc3ccc(F)c(Cl)c3)c2cc1OC1CCC(N(C)CN2CCOCC2)CC1. The number of hydrogen-bond acceptors (Lipinski definition) is 8. The van der Waals surface area contributed by atoms with Gasteiger partial charge in [0.15, 0.2) is 11.5 Å². The number of morpholine rings is 1. The summed E-state index contributed by atoms with van der Waals surface area (Å²) < 4.78 is 31.2. The van der Waals surface area contributed by atoms with Crippen molar-refractivity contribution in [2.75, 3.05) is 52.4 Å². The highest BCUT2D eigenvalue weighted by Crippen LogP contribution is 2.37. The number of benzene rings is 2. The fourth-order valence-corrected chi connectivity index (χ4v) is 5.26. The van der Waals surface area contributed by atoms with Crippen LogP contribution < -0.4 is 14.8 Å². The van der Waals surface area contributed by atoms with Crippen LogP contribution in [0.25, 0.3) is 10.9 Å². The molecule has 1 N–H and O–H groups in total. The molecule has 1 saturated carbocycles. The van der Waals surface area contributed by atoms with Gasteiger partial charge in [0.2, 0.25) is 0 Å². The average Bonchev–Trinajstić information content (AvgIpc) is 2.91. The number of ether oxygens (including phenoxy) is 3. The Morgan fingerprint density at radius 3 is 2.62 bits per heavy atom. The molecule has 3 aromatic rings. The third-order valence-electron chi connectivity index (χ3n) is 7.19. The third-order valence-corrected chi connectivity index (χ3v) is 7.48. The second-order valence-electron chi connectivity index (χ2n) is 9.67. The van der Waals surface area contributed by atoms with E-state index in [0.29, 0.717) is 34.6 Å². The molecule has 0 amide bonds. The van der Waals surface area contributed by atoms with Crippen LogP contribution in [0.4, 0.5) is 15.9 Å². The number of fused-ring (bicyclic) bond motifs is 1. The highest BCUT2D eigenvalue weighted by atomic mass is 35.5. The first kappa shape index (κ1) is 25.9. The van der Waals surface area contributed by atoms with Crippen molar-refractivity contribution in [1.29, 1.82) is 0 Å². The Labute approximate surface area is 221 Å². The van der Waals surface area contributed by atoms with Crippen molar-refractivity contribution in [2.24, 2.45) is 0 Å². The van der Waals surface area contributed by atoms with E-state index < -0.39 is 5.82 Å². The van der Waals surface area contributed by atoms with Crippen LogP contribution in [-0.4, -0.2) is 79.0 Å². The lowest BCUT2D eigenvalue weighted by Gasteiger charge is -2.38. The zero-order chi connectivity index (χ0) is 25.8. The van der Waals surface area contributed by atoms with E-state index in [2.05, 4.69) is 32.1 Å². The van der Waals surface area contributed by atoms with Crippen LogP contribution in [0.5, 0.6) is 11.5 Å². The van der Waals surface area contributed by atoms with Gasteiger partial charge in [0.05, 0.1) is 43.6 Å². The number of anilines is 2. The van der Waals surface area contributed by atoms with Gasteiger partial charge in [-0.05, 0) is 57.0 Å². The van der Waals surface area contributed by atoms with Crippen LogP contribution in [-0.2, 0) is 4.74 Å². The summed E-state index contributed by atoms with van der Waals surface area (Å²) in [6, 6.07) is 8.79. The smallest absolute Gasteiger partial charge is 0.162 e. The van der Waals surface area contributed by atoms with Crippen molar-refractivity contribution >= 4 is 34.0 Å². The molecule has 5 rings (SSSR count). The Morgan fingerprint density at radius 1 is 1.11 bits per heavy atom. The summed E-state index contributed by atoms with van der Waals surface area (Å²) in [7, 11) is 3.85. The van der Waals surface area contributed by atoms with Crippen LogP contribution in [0.3, 0.4) is 0 Å². The number of hydrogen-bond donors (Lipinski definition) is 1. The average molecular weight is 530 g/mol. The molecule has 0 bridgehead atoms. The summed E-state index contributed by atoms with van der Waals surface area (Å²) in [6.45, 7) is 4.62. The predicted molar refractivity (Wildman–Crippen MR) is 142 cm³/mol. The molecule has 0 radical (unpaired) electrons. The number of aromatic nitrogens is 2. The molecule has 2 heterocycles. The second-order valence-corrected chi connectivity index (χ2v) is 10.1. The zero-order valence-corrected chi connectivity index (χ0v) is 22.0. The minimum Gasteiger partial charge on any atom is -0.493 e. The maximum absolute atomic E-state index is 13.6. The largest absolute Gasteiger partial charge is 0.493 e. The molecule has 0 atom stereocenters. The molecule has 2 aliphatic rings. The molecule has 1 aromatic heterocycles. The third kappa shape index (κ3) is 6.23. The van der Waals surface area contributed by atoms with Crippen molar-refractivity contribution in [2.45, 2.75) is 37.8 Å². The molecular weight excluding hydrogens is 497 g/mol. The van der Waals surface area contributed by atoms with E-state index >= 15 is 0 Å². The first-order chi connectivity index (χ1) is 18.0. The molecule has 37 heavy (non-hydrogen) atoms. The van der Waals surface area contributed by atoms with Crippen LogP contribution in [0, 0.1) is 5.82 Å². The monoisotopic (exact) mass is 529 g/mol. The zero-order valence-electron chi connectivity index (χ0n) is 21.3. The van der Waals surface area contributed by atoms with Gasteiger partial charge < -0.3 is 19.5 Å². The van der Waals surface area contributed by atoms with Crippen LogP contribution in [0.15, 0.2) is 36.7 Å². The molecule has 1 saturated heterocycles. The van der Waals surface area contributed by atoms with Gasteiger partial charge in [-0.1, -0.05) is 11.6 Å². The lowest BCUT2D eigenvalue weighted by Crippen LogP contribution is -2.47. The molecule has 2 aromatic carbocycles. The Bertz CT molecular complexity index is 1220. The Hall–Kier alpha value is -2.72. The van der Waals surface area contributed by atoms with E-state index in [1.54, 1.807) is 13.2 Å². The van der Waals surface area contributed by atoms with Gasteiger partial charge in [-0.15, -0.1) is 0 Å². The summed E-state index contributed by atoms with van der Waals surface area (Å²) in [6.07, 6.45) is 5.71. The van der Waals surface area contributed by atoms with Gasteiger partial charge in [-0.2, -0.15) is 0 Å². The lowest BCUT2D eigenvalue weighted by molar-refractivity contribution is -0.00127. The maximum atomic E-state index is 13.6. The Kier molecular flexibility index (Phi) is 8.24. The van der Waals surface area contributed by atoms with E-state index in [4.69, 9.17) is 25.8 Å². The summed E-state index contributed by atoms with van der Waals surface area (Å²) in [4.78, 5) is 13.7. The van der Waals surface area contributed by atoms with Crippen molar-refractivity contribution in [3.63, 3.8) is 0 Å². The number of nitrogens with zero attached hydrogens (tertiary/aromatic N) is 4. The highest BCUT2D eigenvalue weighted by molar-refractivity contribution is 6.31. The predicted octanol–water partition coefficient (Wildman–Crippen LogP) is 5.09. The summed E-state index contributed by atoms with van der Waals surface area (Å²) in [5.41, 5.74) is 1.34. The molecular formula is C27H33ClFN5O3. The molecule has 8 nitrogen and oxygen atoms in total. The van der Waals surface area contributed by atoms with Gasteiger partial charge in [0.1, 0.15) is 18.0 Å². The second kappa shape index (κ2) is 11.8. The minimum atomic E-state index is -0.470. The molecule has 0 unspecified atom stereocenters. The van der Waals surface area contributed by atoms with Crippen LogP contribution in [0.1, 0.15) is 25.7 Å². The normalized spacial score (nSPS) is 20.8. The molecule has 1 aliphatic carbocycles. The van der Waals surface area contributed by atoms with Crippen molar-refractivity contribution < 1.29 is 18.6 Å². The summed E-state index contributed by atoms with van der Waals surface area (Å²) in [5.74, 6) is 1.40. The first-order valence-electron chi connectivity index (χ1n) is 12.7. The highest BCUT2D eigenvalue weighted by Gasteiger charge is 2.27. The van der Waals surface area contributed by atoms with Crippen molar-refractivity contribution in [1.82, 2.24) is 19.8 Å². The molecule has 0 spiro atoms. The van der Waals surface area contributed by atoms with Gasteiger partial charge in [0.25, 0.3) is 0 Å². The van der Waals surface area contributed by atoms with Crippen LogP contribution in [0.2, 0.25) is 5.02 Å². The Morgan fingerprint density at radius 2 is 1.89 bits per heavy atom. The number of rotatable bonds is 8. The van der Waals surface area contributed by atoms with Gasteiger partial charge in [-0.3, -0.25) is 9.80 Å². The van der Waals surface area contributed by atoms with E-state index in [0.717, 1.165) is 64.0 Å². The molecule has 2 fully saturated rings. The van der Waals surface area contributed by atoms with Crippen LogP contribution >= 0.6 is 11.6 Å². The minimum absolute atomic E-state index is 0.0419. The fourth-order valence-electron chi connectivity index (χ4n) is 5.08. The van der Waals surface area contributed by atoms with Gasteiger partial charge in [0, 0.05) is 36.3 Å². The van der Waals surface area contributed by atoms with Gasteiger partial charge in [-0.25, -0.2) is 14.4 Å². The number of halogens is 2. The van der Waals surface area contributed by atoms with Crippen molar-refractivity contribution in [3.05, 3.63) is 47.5 Å². The molecule has 10 heteroatoms. The molecule has 198 valence electrons. The standard InChI is InChI=1S/C27H33ClFN5O3/c1-33(17-34-9-11-36-12-10-34)19-4-6-20(7-5-19)37-26-14-21-24(15-25(26)35-2)30-16-31-27(21)32-18-3-8-23(29)22(28)13-18/h3,8,13-16,19-20H,4-7,9-12,17H2,1-2H3,(H,30,31,32). The lowest BCUT2D eigenvalue weighted by atomic mass is 9.92. The molecule has 1 aliphatic heterocycles. The quantitative estimate of drug-likeness (QED) is 0.433. The summed E-state index contributed by atoms with van der Waals surface area (Å²) in [5, 5.41) is 4.04. The summed E-state index contributed by atoms with van der Waals surface area (Å²) >= 11 is 5.96. The van der Waals surface area contributed by atoms with Crippen molar-refractivity contribution in [3.8, 4) is 11.5 Å². The van der Waals surface area contributed by atoms with E-state index in [1.165, 1.54) is 18.5 Å². The number of nitrogens with one attached hydrogen (secondary N) is 1. The van der Waals surface area contributed by atoms with E-state index in [1.807, 2.05) is 12.1 Å². The topological polar surface area (TPSA) is 72.0 Å². The van der Waals surface area contributed by atoms with E-state index in [9.17, 15) is 4.39 Å². The first-order valence-corrected chi connectivity index (χ1v) is 13.1. The fraction of sp³-hybridized carbons (Fsp3) is 0.481. The van der Waals surface area contributed by atoms with E-state index in [-0.39, 0.29) is 11.1 Å². The Balaban J connectivity index is 1.27. The maximum Gasteiger partial charge on any atom is 0.162 e. The van der Waals surface area contributed by atoms with Gasteiger partial charge >= 0.3 is 0 Å².